The van der Waals surface area contributed by atoms with Crippen LogP contribution in [0.2, 0.25) is 0 Å². The van der Waals surface area contributed by atoms with Crippen molar-refractivity contribution in [1.82, 2.24) is 20.0 Å². The number of nitrogens with one attached hydrogen (secondary N) is 1. The number of likely N-dealkylation sites (tertiary alicyclic amines) is 2. The van der Waals surface area contributed by atoms with Crippen molar-refractivity contribution in [2.24, 2.45) is 0 Å². The first-order valence-electron chi connectivity index (χ1n) is 10.2. The van der Waals surface area contributed by atoms with Gasteiger partial charge < -0.3 is 15.1 Å². The molecule has 146 valence electrons. The molecule has 1 unspecified atom stereocenters. The quantitative estimate of drug-likeness (QED) is 0.820. The summed E-state index contributed by atoms with van der Waals surface area (Å²) in [5, 5.41) is 3.07. The summed E-state index contributed by atoms with van der Waals surface area (Å²) < 4.78 is 0. The van der Waals surface area contributed by atoms with Crippen LogP contribution < -0.4 is 5.32 Å². The van der Waals surface area contributed by atoms with Gasteiger partial charge >= 0.3 is 6.03 Å². The zero-order valence-electron chi connectivity index (χ0n) is 16.2. The minimum Gasteiger partial charge on any atom is -0.323 e. The number of nitrogens with zero attached hydrogens (tertiary/aromatic N) is 3. The second-order valence-electron chi connectivity index (χ2n) is 8.32. The van der Waals surface area contributed by atoms with Gasteiger partial charge in [-0.25, -0.2) is 4.79 Å². The number of amides is 3. The van der Waals surface area contributed by atoms with Crippen LogP contribution in [0.15, 0.2) is 30.3 Å². The van der Waals surface area contributed by atoms with Gasteiger partial charge in [-0.2, -0.15) is 0 Å². The van der Waals surface area contributed by atoms with Crippen molar-refractivity contribution in [3.8, 4) is 0 Å². The van der Waals surface area contributed by atoms with Crippen LogP contribution in [0.1, 0.15) is 31.2 Å². The first-order chi connectivity index (χ1) is 13.1. The van der Waals surface area contributed by atoms with Gasteiger partial charge in [0.2, 0.25) is 0 Å². The van der Waals surface area contributed by atoms with E-state index in [-0.39, 0.29) is 18.0 Å². The van der Waals surface area contributed by atoms with Gasteiger partial charge in [0.15, 0.2) is 0 Å². The van der Waals surface area contributed by atoms with Crippen LogP contribution in [0.5, 0.6) is 0 Å². The molecule has 0 aliphatic carbocycles. The molecule has 1 aromatic carbocycles. The molecule has 1 atom stereocenters. The maximum absolute atomic E-state index is 13.2. The molecule has 0 saturated carbocycles. The predicted molar refractivity (Wildman–Crippen MR) is 104 cm³/mol. The van der Waals surface area contributed by atoms with Crippen LogP contribution in [0, 0.1) is 0 Å². The highest BCUT2D eigenvalue weighted by Gasteiger charge is 2.54. The topological polar surface area (TPSA) is 55.9 Å². The predicted octanol–water partition coefficient (Wildman–Crippen LogP) is 1.71. The lowest BCUT2D eigenvalue weighted by atomic mass is 9.87. The van der Waals surface area contributed by atoms with Gasteiger partial charge in [0.1, 0.15) is 5.54 Å². The van der Waals surface area contributed by atoms with Gasteiger partial charge in [-0.15, -0.1) is 0 Å². The average molecular weight is 370 g/mol. The fraction of sp³-hybridized carbons (Fsp3) is 0.619. The minimum absolute atomic E-state index is 0.00973. The van der Waals surface area contributed by atoms with Crippen LogP contribution in [0.3, 0.4) is 0 Å². The highest BCUT2D eigenvalue weighted by molar-refractivity contribution is 6.07. The van der Waals surface area contributed by atoms with E-state index >= 15 is 0 Å². The first-order valence-corrected chi connectivity index (χ1v) is 10.2. The minimum atomic E-state index is -0.670. The molecule has 3 fully saturated rings. The Morgan fingerprint density at radius 1 is 1.11 bits per heavy atom. The normalized spacial score (nSPS) is 26.6. The van der Waals surface area contributed by atoms with Gasteiger partial charge in [-0.3, -0.25) is 9.69 Å². The molecule has 3 aliphatic rings. The molecule has 4 rings (SSSR count). The third kappa shape index (κ3) is 3.73. The third-order valence-electron chi connectivity index (χ3n) is 6.43. The lowest BCUT2D eigenvalue weighted by Gasteiger charge is -2.38. The van der Waals surface area contributed by atoms with E-state index in [1.807, 2.05) is 6.07 Å². The molecular formula is C21H30N4O2. The van der Waals surface area contributed by atoms with E-state index in [0.717, 1.165) is 52.0 Å². The molecule has 3 amide bonds. The van der Waals surface area contributed by atoms with Crippen molar-refractivity contribution in [2.75, 3.05) is 39.8 Å². The smallest absolute Gasteiger partial charge is 0.323 e. The second-order valence-corrected chi connectivity index (χ2v) is 8.32. The van der Waals surface area contributed by atoms with E-state index < -0.39 is 5.54 Å². The molecule has 27 heavy (non-hydrogen) atoms. The molecule has 1 aromatic rings. The SMILES string of the molecule is CN1CCCC(N2C(=O)NC3(CCN(CCc4ccccc4)CC3)C2=O)C1. The van der Waals surface area contributed by atoms with E-state index in [0.29, 0.717) is 12.8 Å². The molecule has 3 saturated heterocycles. The fourth-order valence-corrected chi connectivity index (χ4v) is 4.75. The molecule has 3 heterocycles. The standard InChI is InChI=1S/C21H30N4O2/c1-23-12-5-8-18(16-23)25-19(26)21(22-20(25)27)10-14-24(15-11-21)13-9-17-6-3-2-4-7-17/h2-4,6-7,18H,5,8-16H2,1H3,(H,22,27). The summed E-state index contributed by atoms with van der Waals surface area (Å²) in [5.74, 6) is 0.00973. The van der Waals surface area contributed by atoms with Gasteiger partial charge in [0.05, 0.1) is 6.04 Å². The summed E-state index contributed by atoms with van der Waals surface area (Å²) in [5.41, 5.74) is 0.673. The third-order valence-corrected chi connectivity index (χ3v) is 6.43. The molecule has 6 nitrogen and oxygen atoms in total. The van der Waals surface area contributed by atoms with Crippen LogP contribution in [-0.4, -0.2) is 78.0 Å². The van der Waals surface area contributed by atoms with Crippen molar-refractivity contribution in [3.63, 3.8) is 0 Å². The maximum atomic E-state index is 13.2. The Morgan fingerprint density at radius 2 is 1.85 bits per heavy atom. The number of hydrogen-bond donors (Lipinski definition) is 1. The van der Waals surface area contributed by atoms with Gasteiger partial charge in [-0.1, -0.05) is 30.3 Å². The first kappa shape index (κ1) is 18.4. The van der Waals surface area contributed by atoms with Crippen LogP contribution in [-0.2, 0) is 11.2 Å². The largest absolute Gasteiger partial charge is 0.325 e. The van der Waals surface area contributed by atoms with Crippen molar-refractivity contribution in [3.05, 3.63) is 35.9 Å². The Bertz CT molecular complexity index is 685. The number of piperidine rings is 2. The monoisotopic (exact) mass is 370 g/mol. The summed E-state index contributed by atoms with van der Waals surface area (Å²) in [6, 6.07) is 10.3. The van der Waals surface area contributed by atoms with Crippen molar-refractivity contribution in [1.29, 1.82) is 0 Å². The molecule has 0 aromatic heterocycles. The van der Waals surface area contributed by atoms with E-state index in [9.17, 15) is 9.59 Å². The molecule has 1 spiro atoms. The number of carbonyl (C=O) groups is 2. The van der Waals surface area contributed by atoms with Gasteiger partial charge in [-0.05, 0) is 51.3 Å². The number of benzene rings is 1. The van der Waals surface area contributed by atoms with Gasteiger partial charge in [0, 0.05) is 26.2 Å². The molecule has 3 aliphatic heterocycles. The zero-order valence-corrected chi connectivity index (χ0v) is 16.2. The van der Waals surface area contributed by atoms with E-state index in [1.54, 1.807) is 0 Å². The Kier molecular flexibility index (Phi) is 5.19. The second kappa shape index (κ2) is 7.60. The highest BCUT2D eigenvalue weighted by atomic mass is 16.2. The summed E-state index contributed by atoms with van der Waals surface area (Å²) >= 11 is 0. The van der Waals surface area contributed by atoms with Crippen molar-refractivity contribution in [2.45, 2.75) is 43.7 Å². The number of likely N-dealkylation sites (N-methyl/N-ethyl adjacent to an activating group) is 1. The Balaban J connectivity index is 1.35. The van der Waals surface area contributed by atoms with Crippen LogP contribution >= 0.6 is 0 Å². The number of hydrogen-bond acceptors (Lipinski definition) is 4. The van der Waals surface area contributed by atoms with E-state index in [1.165, 1.54) is 10.5 Å². The Labute approximate surface area is 161 Å². The molecule has 6 heteroatoms. The number of imide groups is 1. The van der Waals surface area contributed by atoms with E-state index in [4.69, 9.17) is 0 Å². The number of carbonyl (C=O) groups excluding carboxylic acids is 2. The van der Waals surface area contributed by atoms with Crippen LogP contribution in [0.25, 0.3) is 0 Å². The fourth-order valence-electron chi connectivity index (χ4n) is 4.75. The van der Waals surface area contributed by atoms with Crippen molar-refractivity contribution >= 4 is 11.9 Å². The summed E-state index contributed by atoms with van der Waals surface area (Å²) in [7, 11) is 2.06. The Hall–Kier alpha value is -1.92. The lowest BCUT2D eigenvalue weighted by Crippen LogP contribution is -2.56. The van der Waals surface area contributed by atoms with Crippen molar-refractivity contribution < 1.29 is 9.59 Å². The average Bonchev–Trinajstić information content (AvgIpc) is 2.92. The molecule has 0 bridgehead atoms. The summed E-state index contributed by atoms with van der Waals surface area (Å²) in [6.07, 6.45) is 4.41. The molecular weight excluding hydrogens is 340 g/mol. The van der Waals surface area contributed by atoms with Crippen LogP contribution in [0.4, 0.5) is 4.79 Å². The highest BCUT2D eigenvalue weighted by Crippen LogP contribution is 2.32. The Morgan fingerprint density at radius 3 is 2.56 bits per heavy atom. The molecule has 0 radical (unpaired) electrons. The maximum Gasteiger partial charge on any atom is 0.325 e. The summed E-state index contributed by atoms with van der Waals surface area (Å²) in [6.45, 7) is 4.55. The number of urea groups is 1. The van der Waals surface area contributed by atoms with Gasteiger partial charge in [0.25, 0.3) is 5.91 Å². The molecule has 1 N–H and O–H groups in total. The lowest BCUT2D eigenvalue weighted by molar-refractivity contribution is -0.135. The summed E-state index contributed by atoms with van der Waals surface area (Å²) in [4.78, 5) is 32.0. The number of rotatable bonds is 4. The zero-order chi connectivity index (χ0) is 18.9. The van der Waals surface area contributed by atoms with E-state index in [2.05, 4.69) is 46.4 Å².